The van der Waals surface area contributed by atoms with Gasteiger partial charge in [-0.2, -0.15) is 0 Å². The lowest BCUT2D eigenvalue weighted by Gasteiger charge is -2.59. The molecule has 3 aliphatic rings. The number of rotatable bonds is 6. The van der Waals surface area contributed by atoms with Gasteiger partial charge in [0.2, 0.25) is 0 Å². The van der Waals surface area contributed by atoms with Crippen molar-refractivity contribution < 1.29 is 9.90 Å². The third-order valence-electron chi connectivity index (χ3n) is 8.86. The van der Waals surface area contributed by atoms with Crippen LogP contribution < -0.4 is 0 Å². The van der Waals surface area contributed by atoms with Crippen LogP contribution in [-0.4, -0.2) is 22.8 Å². The van der Waals surface area contributed by atoms with Crippen LogP contribution in [0.25, 0.3) is 0 Å². The second-order valence-electron chi connectivity index (χ2n) is 9.48. The maximum Gasteiger partial charge on any atom is 0.147 e. The van der Waals surface area contributed by atoms with E-state index in [1.807, 2.05) is 0 Å². The molecule has 3 rings (SSSR count). The number of carbonyl (C=O) groups excluding carboxylic acids is 1. The molecule has 3 saturated carbocycles. The van der Waals surface area contributed by atoms with Crippen molar-refractivity contribution in [1.82, 2.24) is 0 Å². The molecule has 3 fully saturated rings. The van der Waals surface area contributed by atoms with E-state index >= 15 is 0 Å². The first kappa shape index (κ1) is 19.9. The summed E-state index contributed by atoms with van der Waals surface area (Å²) in [6.07, 6.45) is 10.9. The first-order valence-electron chi connectivity index (χ1n) is 10.7. The van der Waals surface area contributed by atoms with E-state index in [4.69, 9.17) is 0 Å². The minimum atomic E-state index is 0.144. The number of aliphatic hydroxyl groups is 1. The lowest BCUT2D eigenvalue weighted by atomic mass is 9.45. The van der Waals surface area contributed by atoms with Crippen LogP contribution >= 0.6 is 15.9 Å². The molecule has 0 heterocycles. The number of Topliss-reactive ketones (excluding diaryl/α,β-unsaturated/α-hetero) is 1. The summed E-state index contributed by atoms with van der Waals surface area (Å²) < 4.78 is 0. The van der Waals surface area contributed by atoms with Crippen LogP contribution in [0.4, 0.5) is 0 Å². The summed E-state index contributed by atoms with van der Waals surface area (Å²) in [5, 5.41) is 11.1. The van der Waals surface area contributed by atoms with Gasteiger partial charge >= 0.3 is 0 Å². The number of fused-ring (bicyclic) bond motifs is 3. The molecule has 3 aliphatic carbocycles. The summed E-state index contributed by atoms with van der Waals surface area (Å²) in [5.41, 5.74) is 0.351. The Hall–Kier alpha value is 0.110. The Kier molecular flexibility index (Phi) is 6.05. The fourth-order valence-corrected chi connectivity index (χ4v) is 8.19. The molecule has 7 atom stereocenters. The molecule has 3 heteroatoms. The fraction of sp³-hybridized carbons (Fsp3) is 0.955. The highest BCUT2D eigenvalue weighted by molar-refractivity contribution is 9.09. The van der Waals surface area contributed by atoms with E-state index in [0.717, 1.165) is 12.3 Å². The van der Waals surface area contributed by atoms with Crippen LogP contribution in [0.15, 0.2) is 0 Å². The third-order valence-corrected chi connectivity index (χ3v) is 9.41. The lowest BCUT2D eigenvalue weighted by molar-refractivity contribution is -0.139. The van der Waals surface area contributed by atoms with E-state index in [1.165, 1.54) is 51.4 Å². The van der Waals surface area contributed by atoms with Crippen molar-refractivity contribution >= 4 is 21.7 Å². The molecule has 0 aromatic heterocycles. The number of aliphatic hydroxyl groups excluding tert-OH is 1. The van der Waals surface area contributed by atoms with Crippen molar-refractivity contribution in [3.05, 3.63) is 0 Å². The SMILES string of the molecule is CCCC1(CO)C(CC)CCC2C3CCC(C(=O)CBr)C3(C)CCC21. The van der Waals surface area contributed by atoms with Crippen LogP contribution in [0.2, 0.25) is 0 Å². The van der Waals surface area contributed by atoms with Gasteiger partial charge in [0, 0.05) is 12.5 Å². The summed E-state index contributed by atoms with van der Waals surface area (Å²) in [6.45, 7) is 7.38. The van der Waals surface area contributed by atoms with Crippen LogP contribution in [0.5, 0.6) is 0 Å². The Morgan fingerprint density at radius 3 is 2.48 bits per heavy atom. The van der Waals surface area contributed by atoms with Gasteiger partial charge in [0.25, 0.3) is 0 Å². The van der Waals surface area contributed by atoms with Gasteiger partial charge in [-0.25, -0.2) is 0 Å². The second kappa shape index (κ2) is 7.62. The predicted octanol–water partition coefficient (Wildman–Crippen LogP) is 5.61. The minimum absolute atomic E-state index is 0.144. The van der Waals surface area contributed by atoms with E-state index < -0.39 is 0 Å². The van der Waals surface area contributed by atoms with Crippen LogP contribution in [-0.2, 0) is 4.79 Å². The molecule has 25 heavy (non-hydrogen) atoms. The molecule has 0 aromatic carbocycles. The summed E-state index contributed by atoms with van der Waals surface area (Å²) in [4.78, 5) is 12.5. The lowest BCUT2D eigenvalue weighted by Crippen LogP contribution is -2.54. The standard InChI is InChI=1S/C22H37BrO2/c1-4-11-22(14-24)15(5-2)6-7-16-17-8-9-19(20(25)13-23)21(17,3)12-10-18(16)22/h15-19,24H,4-14H2,1-3H3. The predicted molar refractivity (Wildman–Crippen MR) is 107 cm³/mol. The zero-order valence-electron chi connectivity index (χ0n) is 16.4. The van der Waals surface area contributed by atoms with Crippen LogP contribution in [0.3, 0.4) is 0 Å². The highest BCUT2D eigenvalue weighted by Crippen LogP contribution is 2.66. The van der Waals surface area contributed by atoms with E-state index in [1.54, 1.807) is 0 Å². The Morgan fingerprint density at radius 2 is 1.88 bits per heavy atom. The first-order valence-corrected chi connectivity index (χ1v) is 11.8. The van der Waals surface area contributed by atoms with Crippen molar-refractivity contribution in [2.75, 3.05) is 11.9 Å². The number of hydrogen-bond acceptors (Lipinski definition) is 2. The zero-order valence-corrected chi connectivity index (χ0v) is 18.0. The molecule has 7 unspecified atom stereocenters. The van der Waals surface area contributed by atoms with Crippen molar-refractivity contribution in [2.24, 2.45) is 40.4 Å². The molecular weight excluding hydrogens is 376 g/mol. The van der Waals surface area contributed by atoms with Gasteiger partial charge in [-0.3, -0.25) is 4.79 Å². The molecule has 0 aromatic rings. The van der Waals surface area contributed by atoms with Crippen molar-refractivity contribution in [3.8, 4) is 0 Å². The summed E-state index contributed by atoms with van der Waals surface area (Å²) in [6, 6.07) is 0. The third kappa shape index (κ3) is 2.96. The van der Waals surface area contributed by atoms with Gasteiger partial charge in [-0.1, -0.05) is 49.5 Å². The first-order chi connectivity index (χ1) is 12.0. The number of alkyl halides is 1. The zero-order chi connectivity index (χ0) is 18.2. The Labute approximate surface area is 162 Å². The van der Waals surface area contributed by atoms with Crippen LogP contribution in [0.1, 0.15) is 78.6 Å². The molecule has 1 N–H and O–H groups in total. The van der Waals surface area contributed by atoms with Gasteiger partial charge in [-0.05, 0) is 79.4 Å². The molecule has 0 amide bonds. The van der Waals surface area contributed by atoms with E-state index in [0.29, 0.717) is 35.5 Å². The van der Waals surface area contributed by atoms with Crippen molar-refractivity contribution in [2.45, 2.75) is 78.6 Å². The molecular formula is C22H37BrO2. The highest BCUT2D eigenvalue weighted by atomic mass is 79.9. The summed E-state index contributed by atoms with van der Waals surface area (Å²) in [7, 11) is 0. The van der Waals surface area contributed by atoms with Crippen LogP contribution in [0, 0.1) is 40.4 Å². The maximum absolute atomic E-state index is 12.5. The number of ketones is 1. The van der Waals surface area contributed by atoms with Gasteiger partial charge in [0.05, 0.1) is 5.33 Å². The molecule has 144 valence electrons. The van der Waals surface area contributed by atoms with Gasteiger partial charge in [0.15, 0.2) is 0 Å². The monoisotopic (exact) mass is 412 g/mol. The largest absolute Gasteiger partial charge is 0.396 e. The summed E-state index contributed by atoms with van der Waals surface area (Å²) >= 11 is 3.42. The van der Waals surface area contributed by atoms with Gasteiger partial charge in [-0.15, -0.1) is 0 Å². The normalized spacial score (nSPS) is 46.5. The highest BCUT2D eigenvalue weighted by Gasteiger charge is 2.60. The average Bonchev–Trinajstić information content (AvgIpc) is 2.98. The molecule has 0 bridgehead atoms. The number of carbonyl (C=O) groups is 1. The topological polar surface area (TPSA) is 37.3 Å². The molecule has 0 radical (unpaired) electrons. The minimum Gasteiger partial charge on any atom is -0.396 e. The molecule has 0 aliphatic heterocycles. The van der Waals surface area contributed by atoms with Gasteiger partial charge < -0.3 is 5.11 Å². The van der Waals surface area contributed by atoms with E-state index in [2.05, 4.69) is 36.7 Å². The molecule has 0 saturated heterocycles. The second-order valence-corrected chi connectivity index (χ2v) is 10.0. The van der Waals surface area contributed by atoms with Gasteiger partial charge in [0.1, 0.15) is 5.78 Å². The van der Waals surface area contributed by atoms with E-state index in [-0.39, 0.29) is 16.7 Å². The van der Waals surface area contributed by atoms with Crippen molar-refractivity contribution in [1.29, 1.82) is 0 Å². The Morgan fingerprint density at radius 1 is 1.12 bits per heavy atom. The molecule has 0 spiro atoms. The quantitative estimate of drug-likeness (QED) is 0.575. The van der Waals surface area contributed by atoms with Crippen molar-refractivity contribution in [3.63, 3.8) is 0 Å². The number of hydrogen-bond donors (Lipinski definition) is 1. The smallest absolute Gasteiger partial charge is 0.147 e. The Bertz CT molecular complexity index is 492. The average molecular weight is 413 g/mol. The fourth-order valence-electron chi connectivity index (χ4n) is 7.80. The number of halogens is 1. The molecule has 2 nitrogen and oxygen atoms in total. The maximum atomic E-state index is 12.5. The summed E-state index contributed by atoms with van der Waals surface area (Å²) in [5.74, 6) is 3.47. The van der Waals surface area contributed by atoms with E-state index in [9.17, 15) is 9.90 Å². The Balaban J connectivity index is 1.91.